The van der Waals surface area contributed by atoms with Gasteiger partial charge in [-0.2, -0.15) is 0 Å². The lowest BCUT2D eigenvalue weighted by atomic mass is 9.44. The minimum atomic E-state index is -1.48. The highest BCUT2D eigenvalue weighted by molar-refractivity contribution is 6.26. The van der Waals surface area contributed by atoms with E-state index >= 15 is 0 Å². The van der Waals surface area contributed by atoms with Crippen molar-refractivity contribution in [3.05, 3.63) is 23.8 Å². The fourth-order valence-electron chi connectivity index (χ4n) is 7.64. The summed E-state index contributed by atoms with van der Waals surface area (Å²) in [5, 5.41) is 21.3. The summed E-state index contributed by atoms with van der Waals surface area (Å²) in [5.74, 6) is -1.36. The number of alkyl halides is 1. The summed E-state index contributed by atoms with van der Waals surface area (Å²) in [6.45, 7) is 6.47. The van der Waals surface area contributed by atoms with Gasteiger partial charge in [0.05, 0.1) is 11.0 Å². The van der Waals surface area contributed by atoms with Gasteiger partial charge in [0.1, 0.15) is 6.61 Å². The van der Waals surface area contributed by atoms with Crippen molar-refractivity contribution in [1.29, 1.82) is 0 Å². The van der Waals surface area contributed by atoms with Crippen molar-refractivity contribution in [1.82, 2.24) is 0 Å². The van der Waals surface area contributed by atoms with Crippen LogP contribution in [-0.4, -0.2) is 50.9 Å². The number of esters is 1. The zero-order chi connectivity index (χ0) is 23.0. The summed E-state index contributed by atoms with van der Waals surface area (Å²) in [7, 11) is 0. The normalized spacial score (nSPS) is 48.4. The van der Waals surface area contributed by atoms with E-state index in [-0.39, 0.29) is 30.0 Å². The number of carbonyl (C=O) groups excluding carboxylic acids is 3. The van der Waals surface area contributed by atoms with Crippen molar-refractivity contribution in [2.45, 2.75) is 70.0 Å². The van der Waals surface area contributed by atoms with E-state index in [0.717, 1.165) is 5.57 Å². The third kappa shape index (κ3) is 2.67. The van der Waals surface area contributed by atoms with Crippen LogP contribution >= 0.6 is 11.6 Å². The Kier molecular flexibility index (Phi) is 5.12. The molecule has 4 aliphatic rings. The molecule has 31 heavy (non-hydrogen) atoms. The zero-order valence-corrected chi connectivity index (χ0v) is 19.2. The summed E-state index contributed by atoms with van der Waals surface area (Å²) in [6.07, 6.45) is 5.73. The molecule has 8 atom stereocenters. The molecule has 0 aromatic heterocycles. The molecule has 170 valence electrons. The van der Waals surface area contributed by atoms with Gasteiger partial charge < -0.3 is 14.9 Å². The van der Waals surface area contributed by atoms with Crippen molar-refractivity contribution < 1.29 is 29.3 Å². The minimum absolute atomic E-state index is 0.0718. The average Bonchev–Trinajstić information content (AvgIpc) is 2.97. The smallest absolute Gasteiger partial charge is 0.303 e. The van der Waals surface area contributed by atoms with E-state index in [2.05, 4.69) is 6.92 Å². The van der Waals surface area contributed by atoms with Gasteiger partial charge in [-0.1, -0.05) is 32.4 Å². The molecule has 0 radical (unpaired) electrons. The lowest BCUT2D eigenvalue weighted by molar-refractivity contribution is -0.196. The second kappa shape index (κ2) is 7.00. The molecule has 0 aliphatic heterocycles. The van der Waals surface area contributed by atoms with Gasteiger partial charge in [0.25, 0.3) is 0 Å². The molecule has 0 unspecified atom stereocenters. The first-order valence-corrected chi connectivity index (χ1v) is 11.4. The van der Waals surface area contributed by atoms with Crippen LogP contribution in [0.2, 0.25) is 0 Å². The number of rotatable bonds is 3. The molecule has 0 heterocycles. The first-order chi connectivity index (χ1) is 14.4. The number of hydrogen-bond donors (Lipinski definition) is 2. The topological polar surface area (TPSA) is 101 Å². The first kappa shape index (κ1) is 22.7. The third-order valence-electron chi connectivity index (χ3n) is 9.00. The predicted octanol–water partition coefficient (Wildman–Crippen LogP) is 2.74. The largest absolute Gasteiger partial charge is 0.451 e. The number of aliphatic hydroxyl groups is 2. The van der Waals surface area contributed by atoms with E-state index in [1.165, 1.54) is 13.0 Å². The van der Waals surface area contributed by atoms with Crippen molar-refractivity contribution in [3.8, 4) is 0 Å². The second-order valence-corrected chi connectivity index (χ2v) is 11.0. The van der Waals surface area contributed by atoms with Crippen LogP contribution in [0.1, 0.15) is 53.4 Å². The van der Waals surface area contributed by atoms with Crippen LogP contribution in [0, 0.1) is 28.6 Å². The van der Waals surface area contributed by atoms with E-state index in [9.17, 15) is 24.6 Å². The number of allylic oxidation sites excluding steroid dienone is 4. The molecule has 4 aliphatic carbocycles. The highest BCUT2D eigenvalue weighted by Gasteiger charge is 2.74. The molecule has 6 nitrogen and oxygen atoms in total. The van der Waals surface area contributed by atoms with Crippen LogP contribution in [0.3, 0.4) is 0 Å². The van der Waals surface area contributed by atoms with E-state index in [1.807, 2.05) is 19.9 Å². The number of fused-ring (bicyclic) bond motifs is 5. The Bertz CT molecular complexity index is 910. The van der Waals surface area contributed by atoms with Crippen LogP contribution in [0.25, 0.3) is 0 Å². The molecule has 0 amide bonds. The van der Waals surface area contributed by atoms with Gasteiger partial charge in [-0.05, 0) is 55.6 Å². The van der Waals surface area contributed by atoms with E-state index < -0.39 is 45.8 Å². The van der Waals surface area contributed by atoms with Gasteiger partial charge in [0.2, 0.25) is 5.78 Å². The SMILES string of the molecule is CC(=O)O[C@]1(C(=O)CO)CC[C@H]2[C@@H]3C[C@H](C)C4=CC(=O)C=C[C@]4(C)[C@@]3(Cl)[C@@H](O)C[C@@]21C. The van der Waals surface area contributed by atoms with Crippen molar-refractivity contribution in [2.75, 3.05) is 6.61 Å². The lowest BCUT2D eigenvalue weighted by Crippen LogP contribution is -2.69. The molecule has 0 saturated heterocycles. The molecular formula is C24H31ClO6. The fourth-order valence-corrected chi connectivity index (χ4v) is 8.13. The summed E-state index contributed by atoms with van der Waals surface area (Å²) in [6, 6.07) is 0. The highest BCUT2D eigenvalue weighted by atomic mass is 35.5. The highest BCUT2D eigenvalue weighted by Crippen LogP contribution is 2.71. The molecule has 0 aromatic rings. The Hall–Kier alpha value is -1.50. The molecular weight excluding hydrogens is 420 g/mol. The minimum Gasteiger partial charge on any atom is -0.451 e. The van der Waals surface area contributed by atoms with Crippen LogP contribution in [0.5, 0.6) is 0 Å². The van der Waals surface area contributed by atoms with Crippen molar-refractivity contribution in [2.24, 2.45) is 28.6 Å². The molecule has 0 spiro atoms. The molecule has 4 rings (SSSR count). The number of ether oxygens (including phenoxy) is 1. The monoisotopic (exact) mass is 450 g/mol. The Morgan fingerprint density at radius 3 is 2.58 bits per heavy atom. The molecule has 2 N–H and O–H groups in total. The number of halogens is 1. The van der Waals surface area contributed by atoms with Crippen LogP contribution in [-0.2, 0) is 19.1 Å². The van der Waals surface area contributed by atoms with Gasteiger partial charge in [0.15, 0.2) is 11.4 Å². The summed E-state index contributed by atoms with van der Waals surface area (Å²) >= 11 is 7.40. The average molecular weight is 451 g/mol. The van der Waals surface area contributed by atoms with Gasteiger partial charge >= 0.3 is 5.97 Å². The van der Waals surface area contributed by atoms with Crippen molar-refractivity contribution >= 4 is 29.1 Å². The maximum absolute atomic E-state index is 13.0. The summed E-state index contributed by atoms with van der Waals surface area (Å²) in [5.41, 5.74) is -2.11. The number of carbonyl (C=O) groups is 3. The number of Topliss-reactive ketones (excluding diaryl/α,β-unsaturated/α-hetero) is 1. The van der Waals surface area contributed by atoms with Gasteiger partial charge in [-0.3, -0.25) is 14.4 Å². The Balaban J connectivity index is 1.85. The first-order valence-electron chi connectivity index (χ1n) is 11.0. The molecule has 3 fully saturated rings. The van der Waals surface area contributed by atoms with Gasteiger partial charge in [0, 0.05) is 17.8 Å². The molecule has 7 heteroatoms. The van der Waals surface area contributed by atoms with E-state index in [1.54, 1.807) is 6.08 Å². The van der Waals surface area contributed by atoms with Crippen LogP contribution in [0.15, 0.2) is 23.8 Å². The number of ketones is 2. The Morgan fingerprint density at radius 2 is 1.97 bits per heavy atom. The predicted molar refractivity (Wildman–Crippen MR) is 114 cm³/mol. The lowest BCUT2D eigenvalue weighted by Gasteiger charge is -2.65. The Morgan fingerprint density at radius 1 is 1.29 bits per heavy atom. The number of hydrogen-bond acceptors (Lipinski definition) is 6. The molecule has 0 bridgehead atoms. The second-order valence-electron chi connectivity index (χ2n) is 10.3. The van der Waals surface area contributed by atoms with Gasteiger partial charge in [-0.25, -0.2) is 0 Å². The maximum Gasteiger partial charge on any atom is 0.303 e. The fraction of sp³-hybridized carbons (Fsp3) is 0.708. The standard InChI is InChI=1S/C24H31ClO6/c1-13-9-18-16-6-8-23(20(30)12-26,31-14(2)27)22(16,4)11-19(29)24(18,25)21(3)7-5-15(28)10-17(13)21/h5,7,10,13,16,18-19,26,29H,6,8-9,11-12H2,1-4H3/t13-,16-,18-,19-,21-,22-,23-,24-/m0/s1. The summed E-state index contributed by atoms with van der Waals surface area (Å²) < 4.78 is 5.68. The zero-order valence-electron chi connectivity index (χ0n) is 18.5. The number of aliphatic hydroxyl groups excluding tert-OH is 2. The van der Waals surface area contributed by atoms with E-state index in [0.29, 0.717) is 19.3 Å². The Labute approximate surface area is 187 Å². The maximum atomic E-state index is 13.0. The van der Waals surface area contributed by atoms with Gasteiger partial charge in [-0.15, -0.1) is 11.6 Å². The molecule has 0 aromatic carbocycles. The van der Waals surface area contributed by atoms with Crippen LogP contribution < -0.4 is 0 Å². The van der Waals surface area contributed by atoms with Crippen LogP contribution in [0.4, 0.5) is 0 Å². The third-order valence-corrected chi connectivity index (χ3v) is 9.93. The van der Waals surface area contributed by atoms with Crippen molar-refractivity contribution in [3.63, 3.8) is 0 Å². The van der Waals surface area contributed by atoms with E-state index in [4.69, 9.17) is 16.3 Å². The quantitative estimate of drug-likeness (QED) is 0.506. The molecule has 3 saturated carbocycles. The summed E-state index contributed by atoms with van der Waals surface area (Å²) in [4.78, 5) is 36.0.